The smallest absolute Gasteiger partial charge is 0.286 e. The van der Waals surface area contributed by atoms with E-state index in [4.69, 9.17) is 0 Å². The van der Waals surface area contributed by atoms with Gasteiger partial charge in [0.1, 0.15) is 14.9 Å². The summed E-state index contributed by atoms with van der Waals surface area (Å²) in [6.45, 7) is 0. The number of aromatic nitrogens is 3. The molecule has 5 rings (SSSR count). The summed E-state index contributed by atoms with van der Waals surface area (Å²) in [5, 5.41) is 11.1. The summed E-state index contributed by atoms with van der Waals surface area (Å²) in [5.74, 6) is 0. The average molecular weight is 619 g/mol. The Hall–Kier alpha value is -4.30. The largest absolute Gasteiger partial charge is 0.572 e. The van der Waals surface area contributed by atoms with E-state index in [2.05, 4.69) is 19.7 Å². The summed E-state index contributed by atoms with van der Waals surface area (Å²) < 4.78 is 29.0. The minimum Gasteiger partial charge on any atom is -0.572 e. The molecular formula is C27H22N5O4PdS-. The average Bonchev–Trinajstić information content (AvgIpc) is 2.96. The zero-order valence-electron chi connectivity index (χ0n) is 19.8. The van der Waals surface area contributed by atoms with E-state index in [1.165, 1.54) is 24.3 Å². The van der Waals surface area contributed by atoms with Crippen molar-refractivity contribution >= 4 is 21.4 Å². The summed E-state index contributed by atoms with van der Waals surface area (Å²) in [7, 11) is -4.26. The van der Waals surface area contributed by atoms with Crippen LogP contribution in [0.4, 0.5) is 11.4 Å². The fourth-order valence-electron chi connectivity index (χ4n) is 2.92. The molecule has 38 heavy (non-hydrogen) atoms. The third-order valence-corrected chi connectivity index (χ3v) is 5.87. The van der Waals surface area contributed by atoms with Crippen LogP contribution < -0.4 is 0 Å². The van der Waals surface area contributed by atoms with Crippen molar-refractivity contribution in [3.63, 3.8) is 0 Å². The van der Waals surface area contributed by atoms with Gasteiger partial charge in [0.2, 0.25) is 0 Å². The first-order valence-electron chi connectivity index (χ1n) is 10.9. The van der Waals surface area contributed by atoms with Crippen LogP contribution in [-0.2, 0) is 30.4 Å². The van der Waals surface area contributed by atoms with Crippen molar-refractivity contribution in [2.75, 3.05) is 0 Å². The SMILES string of the molecule is O=[N+]([O-])c1ccccc1S(=O)(=O)[N-]c1ccccc1-c1ccccn1.[Pd].c1ccncc1.c1ccncc1. The van der Waals surface area contributed by atoms with E-state index in [9.17, 15) is 18.5 Å². The third kappa shape index (κ3) is 9.29. The molecule has 2 aromatic carbocycles. The van der Waals surface area contributed by atoms with Gasteiger partial charge in [-0.15, -0.1) is 5.69 Å². The summed E-state index contributed by atoms with van der Waals surface area (Å²) >= 11 is 0. The van der Waals surface area contributed by atoms with Crippen molar-refractivity contribution in [3.05, 3.63) is 149 Å². The first-order valence-corrected chi connectivity index (χ1v) is 12.3. The van der Waals surface area contributed by atoms with Gasteiger partial charge in [0.15, 0.2) is 0 Å². The van der Waals surface area contributed by atoms with Gasteiger partial charge < -0.3 is 4.72 Å². The number of nitro benzene ring substituents is 1. The summed E-state index contributed by atoms with van der Waals surface area (Å²) in [6.07, 6.45) is 8.59. The topological polar surface area (TPSA) is 130 Å². The molecule has 9 nitrogen and oxygen atoms in total. The molecule has 0 amide bonds. The number of hydrogen-bond donors (Lipinski definition) is 0. The Balaban J connectivity index is 0.000000319. The van der Waals surface area contributed by atoms with Crippen LogP contribution in [0, 0.1) is 10.1 Å². The van der Waals surface area contributed by atoms with Crippen LogP contribution >= 0.6 is 0 Å². The Morgan fingerprint density at radius 3 is 1.68 bits per heavy atom. The monoisotopic (exact) mass is 618 g/mol. The van der Waals surface area contributed by atoms with Crippen molar-refractivity contribution in [2.45, 2.75) is 4.90 Å². The second kappa shape index (κ2) is 15.7. The molecule has 0 spiro atoms. The van der Waals surface area contributed by atoms with Crippen LogP contribution in [0.3, 0.4) is 0 Å². The number of nitro groups is 1. The predicted molar refractivity (Wildman–Crippen MR) is 141 cm³/mol. The molecule has 0 radical (unpaired) electrons. The molecule has 0 N–H and O–H groups in total. The van der Waals surface area contributed by atoms with Crippen molar-refractivity contribution < 1.29 is 33.8 Å². The molecule has 0 unspecified atom stereocenters. The second-order valence-electron chi connectivity index (χ2n) is 7.07. The maximum absolute atomic E-state index is 12.6. The quantitative estimate of drug-likeness (QED) is 0.130. The first kappa shape index (κ1) is 29.9. The molecule has 0 fully saturated rings. The maximum Gasteiger partial charge on any atom is 0.286 e. The number of hydrogen-bond acceptors (Lipinski definition) is 7. The predicted octanol–water partition coefficient (Wildman–Crippen LogP) is 6.21. The Kier molecular flexibility index (Phi) is 12.4. The van der Waals surface area contributed by atoms with Gasteiger partial charge in [-0.25, -0.2) is 8.42 Å². The van der Waals surface area contributed by atoms with E-state index in [1.54, 1.807) is 67.4 Å². The molecule has 3 heterocycles. The van der Waals surface area contributed by atoms with Gasteiger partial charge >= 0.3 is 0 Å². The van der Waals surface area contributed by atoms with Crippen molar-refractivity contribution in [1.82, 2.24) is 15.0 Å². The molecule has 11 heteroatoms. The molecule has 0 saturated heterocycles. The van der Waals surface area contributed by atoms with Gasteiger partial charge in [0.25, 0.3) is 5.69 Å². The van der Waals surface area contributed by atoms with Crippen LogP contribution in [0.1, 0.15) is 0 Å². The standard InChI is InChI=1S/C17H12N3O4S.2C5H5N.Pd/c21-20(22)16-10-3-4-11-17(16)25(23,24)19-15-9-2-1-7-13(15)14-8-5-6-12-18-14;2*1-2-4-6-5-3-1;/h1-12H;2*1-5H;/q-1;;;. The van der Waals surface area contributed by atoms with Crippen molar-refractivity contribution in [3.8, 4) is 11.3 Å². The third-order valence-electron chi connectivity index (χ3n) is 4.54. The van der Waals surface area contributed by atoms with Crippen LogP contribution in [-0.4, -0.2) is 28.3 Å². The van der Waals surface area contributed by atoms with E-state index < -0.39 is 25.5 Å². The number of benzene rings is 2. The number of sulfonamides is 1. The first-order chi connectivity index (χ1) is 18.0. The van der Waals surface area contributed by atoms with E-state index in [0.29, 0.717) is 11.3 Å². The Morgan fingerprint density at radius 1 is 0.658 bits per heavy atom. The van der Waals surface area contributed by atoms with Gasteiger partial charge in [0.05, 0.1) is 10.6 Å². The fraction of sp³-hybridized carbons (Fsp3) is 0. The number of rotatable bonds is 5. The zero-order chi connectivity index (χ0) is 26.3. The molecule has 0 aliphatic heterocycles. The fourth-order valence-corrected chi connectivity index (χ4v) is 4.10. The molecule has 0 bridgehead atoms. The van der Waals surface area contributed by atoms with Crippen LogP contribution in [0.2, 0.25) is 0 Å². The van der Waals surface area contributed by atoms with Crippen LogP contribution in [0.15, 0.2) is 139 Å². The molecule has 0 atom stereocenters. The molecule has 0 saturated carbocycles. The molecule has 0 aliphatic rings. The van der Waals surface area contributed by atoms with E-state index in [-0.39, 0.29) is 26.1 Å². The van der Waals surface area contributed by atoms with Gasteiger partial charge in [-0.05, 0) is 48.0 Å². The van der Waals surface area contributed by atoms with E-state index >= 15 is 0 Å². The summed E-state index contributed by atoms with van der Waals surface area (Å²) in [4.78, 5) is 21.7. The Morgan fingerprint density at radius 2 is 1.18 bits per heavy atom. The normalized spacial score (nSPS) is 9.79. The maximum atomic E-state index is 12.6. The van der Waals surface area contributed by atoms with Crippen molar-refractivity contribution in [1.29, 1.82) is 0 Å². The van der Waals surface area contributed by atoms with Crippen LogP contribution in [0.5, 0.6) is 0 Å². The van der Waals surface area contributed by atoms with Crippen LogP contribution in [0.25, 0.3) is 16.0 Å². The second-order valence-corrected chi connectivity index (χ2v) is 8.64. The Labute approximate surface area is 234 Å². The van der Waals surface area contributed by atoms with Crippen molar-refractivity contribution in [2.24, 2.45) is 0 Å². The summed E-state index contributed by atoms with van der Waals surface area (Å²) in [5.41, 5.74) is 0.728. The summed E-state index contributed by atoms with van der Waals surface area (Å²) in [6, 6.07) is 28.4. The number of nitrogens with zero attached hydrogens (tertiary/aromatic N) is 5. The van der Waals surface area contributed by atoms with Gasteiger partial charge in [-0.1, -0.05) is 54.6 Å². The minimum atomic E-state index is -4.26. The molecule has 5 aromatic rings. The Bertz CT molecular complexity index is 1410. The van der Waals surface area contributed by atoms with Gasteiger partial charge in [-0.3, -0.25) is 25.1 Å². The van der Waals surface area contributed by atoms with E-state index in [1.807, 2.05) is 36.4 Å². The van der Waals surface area contributed by atoms with Gasteiger partial charge in [-0.2, -0.15) is 0 Å². The molecule has 3 aromatic heterocycles. The molecule has 196 valence electrons. The zero-order valence-corrected chi connectivity index (χ0v) is 22.2. The van der Waals surface area contributed by atoms with E-state index in [0.717, 1.165) is 6.07 Å². The minimum absolute atomic E-state index is 0. The number of pyridine rings is 3. The van der Waals surface area contributed by atoms with Gasteiger partial charge in [0, 0.05) is 57.5 Å². The molecule has 0 aliphatic carbocycles. The number of para-hydroxylation sites is 1. The molecular weight excluding hydrogens is 597 g/mol.